The van der Waals surface area contributed by atoms with Crippen LogP contribution in [0.15, 0.2) is 72.6 Å². The summed E-state index contributed by atoms with van der Waals surface area (Å²) in [6.45, 7) is 3.82. The number of aliphatic hydroxyl groups excluding tert-OH is 1. The van der Waals surface area contributed by atoms with Crippen molar-refractivity contribution in [2.45, 2.75) is 26.4 Å². The van der Waals surface area contributed by atoms with Crippen molar-refractivity contribution in [2.75, 3.05) is 0 Å². The number of aromatic nitrogens is 1. The summed E-state index contributed by atoms with van der Waals surface area (Å²) in [5, 5.41) is 11.2. The molecule has 1 amide bonds. The molecule has 2 aromatic carbocycles. The van der Waals surface area contributed by atoms with Gasteiger partial charge in [0, 0.05) is 24.5 Å². The molecular weight excluding hydrogens is 395 g/mol. The van der Waals surface area contributed by atoms with Gasteiger partial charge in [0.2, 0.25) is 0 Å². The SMILES string of the molecule is Cc1ccc(C)c(/C(O)=C2\C(=O)C(=O)N(Cc3ccc(F)cc3)C2c2cccnc2)c1. The summed E-state index contributed by atoms with van der Waals surface area (Å²) >= 11 is 0. The van der Waals surface area contributed by atoms with Gasteiger partial charge in [-0.05, 0) is 54.8 Å². The third-order valence-electron chi connectivity index (χ3n) is 5.45. The molecule has 1 aliphatic heterocycles. The fourth-order valence-electron chi connectivity index (χ4n) is 3.85. The van der Waals surface area contributed by atoms with Crippen LogP contribution < -0.4 is 0 Å². The number of pyridine rings is 1. The molecule has 1 aromatic heterocycles. The van der Waals surface area contributed by atoms with Crippen molar-refractivity contribution < 1.29 is 19.1 Å². The van der Waals surface area contributed by atoms with Crippen LogP contribution in [0.1, 0.15) is 33.9 Å². The molecule has 2 heterocycles. The van der Waals surface area contributed by atoms with Gasteiger partial charge in [-0.1, -0.05) is 35.9 Å². The number of aliphatic hydroxyl groups is 1. The minimum absolute atomic E-state index is 0.0220. The molecule has 31 heavy (non-hydrogen) atoms. The average molecular weight is 416 g/mol. The number of rotatable bonds is 4. The second-order valence-electron chi connectivity index (χ2n) is 7.66. The molecule has 1 unspecified atom stereocenters. The molecule has 0 saturated carbocycles. The molecule has 1 fully saturated rings. The first-order valence-corrected chi connectivity index (χ1v) is 9.87. The number of likely N-dealkylation sites (tertiary alicyclic amines) is 1. The molecule has 1 saturated heterocycles. The number of halogens is 1. The van der Waals surface area contributed by atoms with E-state index in [1.807, 2.05) is 26.0 Å². The first kappa shape index (κ1) is 20.5. The van der Waals surface area contributed by atoms with Gasteiger partial charge in [-0.25, -0.2) is 4.39 Å². The largest absolute Gasteiger partial charge is 0.507 e. The molecule has 0 aliphatic carbocycles. The summed E-state index contributed by atoms with van der Waals surface area (Å²) in [5.74, 6) is -2.07. The predicted octanol–water partition coefficient (Wildman–Crippen LogP) is 4.46. The van der Waals surface area contributed by atoms with E-state index in [0.717, 1.165) is 11.1 Å². The summed E-state index contributed by atoms with van der Waals surface area (Å²) in [4.78, 5) is 31.6. The van der Waals surface area contributed by atoms with E-state index in [1.165, 1.54) is 17.0 Å². The fourth-order valence-corrected chi connectivity index (χ4v) is 3.85. The normalized spacial score (nSPS) is 17.9. The van der Waals surface area contributed by atoms with Gasteiger partial charge in [0.1, 0.15) is 11.6 Å². The third-order valence-corrected chi connectivity index (χ3v) is 5.45. The van der Waals surface area contributed by atoms with Crippen molar-refractivity contribution in [2.24, 2.45) is 0 Å². The Balaban J connectivity index is 1.87. The van der Waals surface area contributed by atoms with Crippen LogP contribution in [0.25, 0.3) is 5.76 Å². The van der Waals surface area contributed by atoms with Crippen molar-refractivity contribution in [3.63, 3.8) is 0 Å². The highest BCUT2D eigenvalue weighted by Gasteiger charge is 2.46. The Labute approximate surface area is 179 Å². The van der Waals surface area contributed by atoms with E-state index in [-0.39, 0.29) is 23.7 Å². The number of benzene rings is 2. The van der Waals surface area contributed by atoms with Crippen molar-refractivity contribution in [1.29, 1.82) is 0 Å². The zero-order chi connectivity index (χ0) is 22.1. The molecule has 4 rings (SSSR count). The maximum absolute atomic E-state index is 13.3. The summed E-state index contributed by atoms with van der Waals surface area (Å²) in [5.41, 5.74) is 3.52. The van der Waals surface area contributed by atoms with Crippen LogP contribution in [-0.4, -0.2) is 26.7 Å². The Bertz CT molecular complexity index is 1190. The Morgan fingerprint density at radius 2 is 1.84 bits per heavy atom. The number of amides is 1. The minimum Gasteiger partial charge on any atom is -0.507 e. The Kier molecular flexibility index (Phi) is 5.38. The molecule has 156 valence electrons. The zero-order valence-electron chi connectivity index (χ0n) is 17.2. The monoisotopic (exact) mass is 416 g/mol. The molecule has 1 atom stereocenters. The lowest BCUT2D eigenvalue weighted by molar-refractivity contribution is -0.140. The van der Waals surface area contributed by atoms with Gasteiger partial charge in [0.15, 0.2) is 0 Å². The average Bonchev–Trinajstić information content (AvgIpc) is 3.02. The van der Waals surface area contributed by atoms with Crippen LogP contribution >= 0.6 is 0 Å². The van der Waals surface area contributed by atoms with Gasteiger partial charge in [0.25, 0.3) is 11.7 Å². The molecular formula is C25H21FN2O3. The van der Waals surface area contributed by atoms with E-state index in [9.17, 15) is 19.1 Å². The molecule has 1 N–H and O–H groups in total. The first-order valence-electron chi connectivity index (χ1n) is 9.87. The molecule has 0 radical (unpaired) electrons. The van der Waals surface area contributed by atoms with Crippen LogP contribution in [0, 0.1) is 19.7 Å². The lowest BCUT2D eigenvalue weighted by Crippen LogP contribution is -2.29. The molecule has 6 heteroatoms. The quantitative estimate of drug-likeness (QED) is 0.387. The minimum atomic E-state index is -0.807. The van der Waals surface area contributed by atoms with E-state index in [0.29, 0.717) is 16.7 Å². The summed E-state index contributed by atoms with van der Waals surface area (Å²) in [6.07, 6.45) is 3.17. The molecule has 0 bridgehead atoms. The maximum atomic E-state index is 13.3. The van der Waals surface area contributed by atoms with Crippen LogP contribution in [0.5, 0.6) is 0 Å². The predicted molar refractivity (Wildman–Crippen MR) is 114 cm³/mol. The Morgan fingerprint density at radius 1 is 1.10 bits per heavy atom. The van der Waals surface area contributed by atoms with Gasteiger partial charge >= 0.3 is 0 Å². The summed E-state index contributed by atoms with van der Waals surface area (Å²) in [7, 11) is 0. The van der Waals surface area contributed by atoms with Crippen LogP contribution in [0.2, 0.25) is 0 Å². The van der Waals surface area contributed by atoms with E-state index < -0.39 is 17.7 Å². The number of carbonyl (C=O) groups excluding carboxylic acids is 2. The highest BCUT2D eigenvalue weighted by Crippen LogP contribution is 2.40. The summed E-state index contributed by atoms with van der Waals surface area (Å²) < 4.78 is 13.3. The summed E-state index contributed by atoms with van der Waals surface area (Å²) in [6, 6.07) is 14.0. The fraction of sp³-hybridized carbons (Fsp3) is 0.160. The van der Waals surface area contributed by atoms with Gasteiger partial charge in [-0.2, -0.15) is 0 Å². The van der Waals surface area contributed by atoms with Gasteiger partial charge in [-0.15, -0.1) is 0 Å². The molecule has 5 nitrogen and oxygen atoms in total. The number of nitrogens with zero attached hydrogens (tertiary/aromatic N) is 2. The van der Waals surface area contributed by atoms with Crippen molar-refractivity contribution in [3.8, 4) is 0 Å². The van der Waals surface area contributed by atoms with Crippen LogP contribution in [0.4, 0.5) is 4.39 Å². The van der Waals surface area contributed by atoms with Crippen molar-refractivity contribution in [3.05, 3.63) is 106 Å². The lowest BCUT2D eigenvalue weighted by Gasteiger charge is -2.25. The number of hydrogen-bond acceptors (Lipinski definition) is 4. The van der Waals surface area contributed by atoms with E-state index in [1.54, 1.807) is 42.7 Å². The number of carbonyl (C=O) groups is 2. The number of hydrogen-bond donors (Lipinski definition) is 1. The molecule has 0 spiro atoms. The van der Waals surface area contributed by atoms with Crippen LogP contribution in [-0.2, 0) is 16.1 Å². The highest BCUT2D eigenvalue weighted by atomic mass is 19.1. The Morgan fingerprint density at radius 3 is 2.52 bits per heavy atom. The van der Waals surface area contributed by atoms with Gasteiger partial charge in [-0.3, -0.25) is 14.6 Å². The first-order chi connectivity index (χ1) is 14.9. The lowest BCUT2D eigenvalue weighted by atomic mass is 9.94. The standard InChI is InChI=1S/C25H21FN2O3/c1-15-5-6-16(2)20(12-15)23(29)21-22(18-4-3-11-27-13-18)28(25(31)24(21)30)14-17-7-9-19(26)10-8-17/h3-13,22,29H,14H2,1-2H3/b23-21+. The molecule has 1 aliphatic rings. The number of Topliss-reactive ketones (excluding diaryl/α,β-unsaturated/α-hetero) is 1. The van der Waals surface area contributed by atoms with Crippen LogP contribution in [0.3, 0.4) is 0 Å². The third kappa shape index (κ3) is 3.84. The molecule has 3 aromatic rings. The van der Waals surface area contributed by atoms with Gasteiger partial charge in [0.05, 0.1) is 11.6 Å². The number of aryl methyl sites for hydroxylation is 2. The van der Waals surface area contributed by atoms with E-state index >= 15 is 0 Å². The van der Waals surface area contributed by atoms with Gasteiger partial charge < -0.3 is 10.0 Å². The van der Waals surface area contributed by atoms with E-state index in [2.05, 4.69) is 4.98 Å². The topological polar surface area (TPSA) is 70.5 Å². The van der Waals surface area contributed by atoms with E-state index in [4.69, 9.17) is 0 Å². The Hall–Kier alpha value is -3.80. The smallest absolute Gasteiger partial charge is 0.295 e. The second kappa shape index (κ2) is 8.14. The zero-order valence-corrected chi connectivity index (χ0v) is 17.2. The maximum Gasteiger partial charge on any atom is 0.295 e. The number of ketones is 1. The van der Waals surface area contributed by atoms with Crippen molar-refractivity contribution in [1.82, 2.24) is 9.88 Å². The van der Waals surface area contributed by atoms with Crippen molar-refractivity contribution >= 4 is 17.4 Å². The highest BCUT2D eigenvalue weighted by molar-refractivity contribution is 6.46. The second-order valence-corrected chi connectivity index (χ2v) is 7.66.